The quantitative estimate of drug-likeness (QED) is 0.569. The molecule has 0 spiro atoms. The normalized spacial score (nSPS) is 12.3. The molecule has 0 radical (unpaired) electrons. The summed E-state index contributed by atoms with van der Waals surface area (Å²) in [6, 6.07) is 6.32. The van der Waals surface area contributed by atoms with Crippen molar-refractivity contribution < 1.29 is 31.1 Å². The van der Waals surface area contributed by atoms with Gasteiger partial charge in [0.2, 0.25) is 0 Å². The summed E-state index contributed by atoms with van der Waals surface area (Å²) in [7, 11) is 0. The molecule has 0 atom stereocenters. The van der Waals surface area contributed by atoms with Gasteiger partial charge in [-0.3, -0.25) is 0 Å². The molecule has 2 nitrogen and oxygen atoms in total. The van der Waals surface area contributed by atoms with Gasteiger partial charge in [0.1, 0.15) is 5.75 Å². The highest BCUT2D eigenvalue weighted by Gasteiger charge is 2.34. The zero-order chi connectivity index (χ0) is 17.4. The molecule has 2 aromatic rings. The van der Waals surface area contributed by atoms with Crippen molar-refractivity contribution in [3.05, 3.63) is 47.0 Å². The van der Waals surface area contributed by atoms with Crippen molar-refractivity contribution in [3.63, 3.8) is 0 Å². The maximum Gasteiger partial charge on any atom is 0.573 e. The van der Waals surface area contributed by atoms with E-state index in [1.807, 2.05) is 0 Å². The standard InChI is InChI=1S/C14H8ClF6NO/c15-11-6-8(5-10(12(11)22)13(16,17)18)7-1-3-9(4-2-7)23-14(19,20)21/h1-6H,22H2. The van der Waals surface area contributed by atoms with E-state index in [4.69, 9.17) is 17.3 Å². The molecule has 0 aromatic heterocycles. The van der Waals surface area contributed by atoms with E-state index in [2.05, 4.69) is 4.74 Å². The Bertz CT molecular complexity index is 709. The van der Waals surface area contributed by atoms with Crippen LogP contribution in [-0.4, -0.2) is 6.36 Å². The smallest absolute Gasteiger partial charge is 0.406 e. The molecule has 124 valence electrons. The molecule has 2 aromatic carbocycles. The number of halogens is 7. The Morgan fingerprint density at radius 3 is 1.91 bits per heavy atom. The zero-order valence-electron chi connectivity index (χ0n) is 11.1. The molecular formula is C14H8ClF6NO. The second kappa shape index (κ2) is 5.84. The molecule has 23 heavy (non-hydrogen) atoms. The molecule has 0 aliphatic carbocycles. The second-order valence-corrected chi connectivity index (χ2v) is 4.90. The fourth-order valence-corrected chi connectivity index (χ4v) is 2.09. The van der Waals surface area contributed by atoms with Crippen LogP contribution in [-0.2, 0) is 6.18 Å². The minimum atomic E-state index is -4.85. The summed E-state index contributed by atoms with van der Waals surface area (Å²) in [5.41, 5.74) is 3.88. The lowest BCUT2D eigenvalue weighted by Gasteiger charge is -2.14. The Morgan fingerprint density at radius 2 is 1.43 bits per heavy atom. The number of rotatable bonds is 2. The number of anilines is 1. The molecule has 0 saturated heterocycles. The third-order valence-electron chi connectivity index (χ3n) is 2.86. The molecule has 0 saturated carbocycles. The highest BCUT2D eigenvalue weighted by Crippen LogP contribution is 2.40. The molecule has 0 aliphatic rings. The van der Waals surface area contributed by atoms with Gasteiger partial charge in [-0.1, -0.05) is 23.7 Å². The predicted molar refractivity (Wildman–Crippen MR) is 73.0 cm³/mol. The summed E-state index contributed by atoms with van der Waals surface area (Å²) in [6.07, 6.45) is -9.56. The Morgan fingerprint density at radius 1 is 0.870 bits per heavy atom. The number of benzene rings is 2. The van der Waals surface area contributed by atoms with E-state index in [1.54, 1.807) is 0 Å². The van der Waals surface area contributed by atoms with Crippen LogP contribution in [0.3, 0.4) is 0 Å². The average molecular weight is 356 g/mol. The monoisotopic (exact) mass is 355 g/mol. The SMILES string of the molecule is Nc1c(Cl)cc(-c2ccc(OC(F)(F)F)cc2)cc1C(F)(F)F. The summed E-state index contributed by atoms with van der Waals surface area (Å²) < 4.78 is 78.6. The fourth-order valence-electron chi connectivity index (χ4n) is 1.87. The van der Waals surface area contributed by atoms with E-state index < -0.39 is 29.5 Å². The van der Waals surface area contributed by atoms with Crippen LogP contribution in [0.5, 0.6) is 5.75 Å². The lowest BCUT2D eigenvalue weighted by molar-refractivity contribution is -0.274. The van der Waals surface area contributed by atoms with Crippen LogP contribution in [0.2, 0.25) is 5.02 Å². The van der Waals surface area contributed by atoms with E-state index in [-0.39, 0.29) is 16.1 Å². The number of nitrogens with two attached hydrogens (primary N) is 1. The van der Waals surface area contributed by atoms with Gasteiger partial charge in [0.05, 0.1) is 16.3 Å². The van der Waals surface area contributed by atoms with E-state index >= 15 is 0 Å². The Balaban J connectivity index is 2.41. The van der Waals surface area contributed by atoms with Gasteiger partial charge in [-0.2, -0.15) is 13.2 Å². The van der Waals surface area contributed by atoms with Crippen molar-refractivity contribution in [2.24, 2.45) is 0 Å². The number of ether oxygens (including phenoxy) is 1. The van der Waals surface area contributed by atoms with Gasteiger partial charge < -0.3 is 10.5 Å². The topological polar surface area (TPSA) is 35.2 Å². The van der Waals surface area contributed by atoms with E-state index in [0.29, 0.717) is 0 Å². The van der Waals surface area contributed by atoms with Crippen LogP contribution in [0, 0.1) is 0 Å². The van der Waals surface area contributed by atoms with Crippen LogP contribution in [0.1, 0.15) is 5.56 Å². The number of alkyl halides is 6. The summed E-state index contributed by atoms with van der Waals surface area (Å²) in [6.45, 7) is 0. The molecular weight excluding hydrogens is 348 g/mol. The molecule has 0 unspecified atom stereocenters. The van der Waals surface area contributed by atoms with Crippen LogP contribution in [0.4, 0.5) is 32.0 Å². The van der Waals surface area contributed by atoms with Gasteiger partial charge in [0, 0.05) is 0 Å². The van der Waals surface area contributed by atoms with Gasteiger partial charge in [0.15, 0.2) is 0 Å². The minimum absolute atomic E-state index is 0.0649. The summed E-state index contributed by atoms with van der Waals surface area (Å²) in [5, 5.41) is -0.301. The van der Waals surface area contributed by atoms with Gasteiger partial charge in [-0.15, -0.1) is 13.2 Å². The molecule has 0 fully saturated rings. The molecule has 2 N–H and O–H groups in total. The van der Waals surface area contributed by atoms with Crippen molar-refractivity contribution in [2.75, 3.05) is 5.73 Å². The maximum atomic E-state index is 12.9. The highest BCUT2D eigenvalue weighted by molar-refractivity contribution is 6.33. The molecule has 2 rings (SSSR count). The first-order chi connectivity index (χ1) is 10.5. The minimum Gasteiger partial charge on any atom is -0.406 e. The van der Waals surface area contributed by atoms with E-state index in [9.17, 15) is 26.3 Å². The Kier molecular flexibility index (Phi) is 4.39. The molecule has 0 bridgehead atoms. The van der Waals surface area contributed by atoms with Gasteiger partial charge >= 0.3 is 12.5 Å². The van der Waals surface area contributed by atoms with E-state index in [0.717, 1.165) is 18.2 Å². The Hall–Kier alpha value is -2.09. The zero-order valence-corrected chi connectivity index (χ0v) is 11.9. The van der Waals surface area contributed by atoms with Crippen molar-refractivity contribution in [3.8, 4) is 16.9 Å². The van der Waals surface area contributed by atoms with Crippen LogP contribution in [0.25, 0.3) is 11.1 Å². The van der Waals surface area contributed by atoms with Crippen molar-refractivity contribution in [1.82, 2.24) is 0 Å². The molecule has 9 heteroatoms. The molecule has 0 heterocycles. The highest BCUT2D eigenvalue weighted by atomic mass is 35.5. The summed E-state index contributed by atoms with van der Waals surface area (Å²) >= 11 is 5.69. The first kappa shape index (κ1) is 17.3. The molecule has 0 aliphatic heterocycles. The van der Waals surface area contributed by atoms with Crippen molar-refractivity contribution in [2.45, 2.75) is 12.5 Å². The lowest BCUT2D eigenvalue weighted by Crippen LogP contribution is -2.16. The largest absolute Gasteiger partial charge is 0.573 e. The average Bonchev–Trinajstić information content (AvgIpc) is 2.39. The van der Waals surface area contributed by atoms with Crippen LogP contribution >= 0.6 is 11.6 Å². The Labute approximate surface area is 131 Å². The number of hydrogen-bond donors (Lipinski definition) is 1. The summed E-state index contributed by atoms with van der Waals surface area (Å²) in [5.74, 6) is -0.487. The predicted octanol–water partition coefficient (Wildman–Crippen LogP) is 5.51. The van der Waals surface area contributed by atoms with Crippen molar-refractivity contribution >= 4 is 17.3 Å². The van der Waals surface area contributed by atoms with Gasteiger partial charge in [0.25, 0.3) is 0 Å². The first-order valence-electron chi connectivity index (χ1n) is 6.00. The number of hydrogen-bond acceptors (Lipinski definition) is 2. The van der Waals surface area contributed by atoms with Crippen LogP contribution in [0.15, 0.2) is 36.4 Å². The lowest BCUT2D eigenvalue weighted by atomic mass is 10.0. The van der Waals surface area contributed by atoms with Crippen LogP contribution < -0.4 is 10.5 Å². The maximum absolute atomic E-state index is 12.9. The molecule has 0 amide bonds. The van der Waals surface area contributed by atoms with Gasteiger partial charge in [-0.05, 0) is 35.4 Å². The number of nitrogen functional groups attached to an aromatic ring is 1. The van der Waals surface area contributed by atoms with Gasteiger partial charge in [-0.25, -0.2) is 0 Å². The third kappa shape index (κ3) is 4.22. The summed E-state index contributed by atoms with van der Waals surface area (Å²) in [4.78, 5) is 0. The third-order valence-corrected chi connectivity index (χ3v) is 3.17. The fraction of sp³-hybridized carbons (Fsp3) is 0.143. The van der Waals surface area contributed by atoms with E-state index in [1.165, 1.54) is 18.2 Å². The second-order valence-electron chi connectivity index (χ2n) is 4.49. The first-order valence-corrected chi connectivity index (χ1v) is 6.37. The van der Waals surface area contributed by atoms with Crippen molar-refractivity contribution in [1.29, 1.82) is 0 Å².